The van der Waals surface area contributed by atoms with Crippen LogP contribution in [0.1, 0.15) is 24.3 Å². The number of hydrogen-bond donors (Lipinski definition) is 1. The first-order valence-electron chi connectivity index (χ1n) is 6.29. The Bertz CT molecular complexity index is 634. The van der Waals surface area contributed by atoms with Gasteiger partial charge in [0, 0.05) is 19.8 Å². The van der Waals surface area contributed by atoms with Crippen molar-refractivity contribution >= 4 is 22.0 Å². The van der Waals surface area contributed by atoms with Crippen LogP contribution in [0.15, 0.2) is 17.2 Å². The van der Waals surface area contributed by atoms with Gasteiger partial charge in [0.25, 0.3) is 0 Å². The van der Waals surface area contributed by atoms with Crippen LogP contribution >= 0.6 is 0 Å². The van der Waals surface area contributed by atoms with E-state index in [0.29, 0.717) is 6.54 Å². The highest BCUT2D eigenvalue weighted by Crippen LogP contribution is 2.18. The molecule has 118 valence electrons. The maximum absolute atomic E-state index is 12.3. The summed E-state index contributed by atoms with van der Waals surface area (Å²) < 4.78 is 31.4. The van der Waals surface area contributed by atoms with Crippen molar-refractivity contribution in [3.63, 3.8) is 0 Å². The number of esters is 1. The minimum Gasteiger partial charge on any atom is -0.477 e. The molecule has 1 aromatic rings. The zero-order valence-corrected chi connectivity index (χ0v) is 12.9. The quantitative estimate of drug-likeness (QED) is 0.729. The average molecular weight is 318 g/mol. The van der Waals surface area contributed by atoms with Crippen molar-refractivity contribution in [1.29, 1.82) is 0 Å². The lowest BCUT2D eigenvalue weighted by Crippen LogP contribution is -2.33. The van der Waals surface area contributed by atoms with E-state index in [0.717, 1.165) is 10.4 Å². The first-order valence-corrected chi connectivity index (χ1v) is 7.73. The van der Waals surface area contributed by atoms with E-state index in [9.17, 15) is 18.0 Å². The van der Waals surface area contributed by atoms with Gasteiger partial charge in [0.05, 0.1) is 6.61 Å². The van der Waals surface area contributed by atoms with E-state index < -0.39 is 28.5 Å². The average Bonchev–Trinajstić information content (AvgIpc) is 2.83. The van der Waals surface area contributed by atoms with Crippen LogP contribution in [0.25, 0.3) is 0 Å². The number of carbonyl (C=O) groups excluding carboxylic acids is 1. The molecule has 1 aromatic heterocycles. The van der Waals surface area contributed by atoms with Crippen LogP contribution in [0.4, 0.5) is 0 Å². The smallest absolute Gasteiger partial charge is 0.352 e. The molecule has 0 unspecified atom stereocenters. The highest BCUT2D eigenvalue weighted by atomic mass is 32.2. The van der Waals surface area contributed by atoms with Crippen LogP contribution in [-0.2, 0) is 26.1 Å². The number of ether oxygens (including phenoxy) is 1. The Hall–Kier alpha value is -1.87. The number of carboxylic acid groups (broad SMARTS) is 1. The monoisotopic (exact) mass is 318 g/mol. The lowest BCUT2D eigenvalue weighted by atomic mass is 10.4. The van der Waals surface area contributed by atoms with Gasteiger partial charge in [-0.3, -0.25) is 4.79 Å². The number of nitrogens with zero attached hydrogens (tertiary/aromatic N) is 2. The molecule has 1 rings (SSSR count). The van der Waals surface area contributed by atoms with Crippen LogP contribution in [0.2, 0.25) is 0 Å². The van der Waals surface area contributed by atoms with Crippen molar-refractivity contribution < 1.29 is 27.9 Å². The van der Waals surface area contributed by atoms with Gasteiger partial charge in [0.2, 0.25) is 10.0 Å². The van der Waals surface area contributed by atoms with Crippen LogP contribution in [0.5, 0.6) is 0 Å². The number of aromatic nitrogens is 1. The van der Waals surface area contributed by atoms with Crippen LogP contribution < -0.4 is 0 Å². The van der Waals surface area contributed by atoms with E-state index in [4.69, 9.17) is 5.11 Å². The molecule has 0 aromatic carbocycles. The molecule has 0 saturated carbocycles. The molecule has 8 nitrogen and oxygen atoms in total. The van der Waals surface area contributed by atoms with Gasteiger partial charge in [-0.05, 0) is 19.9 Å². The van der Waals surface area contributed by atoms with Crippen LogP contribution in [0.3, 0.4) is 0 Å². The first kappa shape index (κ1) is 17.2. The Kier molecular flexibility index (Phi) is 5.50. The Morgan fingerprint density at radius 2 is 2.00 bits per heavy atom. The number of hydrogen-bond acceptors (Lipinski definition) is 5. The van der Waals surface area contributed by atoms with E-state index >= 15 is 0 Å². The number of likely N-dealkylation sites (N-methyl/N-ethyl adjacent to an activating group) is 1. The number of rotatable bonds is 7. The minimum atomic E-state index is -3.95. The van der Waals surface area contributed by atoms with Crippen molar-refractivity contribution in [3.05, 3.63) is 18.0 Å². The number of sulfonamides is 1. The molecule has 0 aliphatic rings. The second-order valence-corrected chi connectivity index (χ2v) is 6.26. The van der Waals surface area contributed by atoms with Gasteiger partial charge in [-0.25, -0.2) is 13.2 Å². The normalized spacial score (nSPS) is 11.6. The molecule has 9 heteroatoms. The summed E-state index contributed by atoms with van der Waals surface area (Å²) in [5.41, 5.74) is -0.124. The fourth-order valence-corrected chi connectivity index (χ4v) is 2.87. The summed E-state index contributed by atoms with van der Waals surface area (Å²) >= 11 is 0. The van der Waals surface area contributed by atoms with Crippen molar-refractivity contribution in [2.45, 2.75) is 25.3 Å². The van der Waals surface area contributed by atoms with E-state index in [2.05, 4.69) is 4.74 Å². The van der Waals surface area contributed by atoms with Crippen molar-refractivity contribution in [2.75, 3.05) is 20.2 Å². The Morgan fingerprint density at radius 1 is 1.38 bits per heavy atom. The molecule has 1 heterocycles. The molecule has 0 bridgehead atoms. The van der Waals surface area contributed by atoms with Gasteiger partial charge >= 0.3 is 11.9 Å². The third kappa shape index (κ3) is 3.82. The van der Waals surface area contributed by atoms with Gasteiger partial charge in [0.1, 0.15) is 17.1 Å². The third-order valence-corrected chi connectivity index (χ3v) is 4.57. The summed E-state index contributed by atoms with van der Waals surface area (Å²) in [5.74, 6) is -1.89. The number of aromatic carboxylic acids is 1. The zero-order chi connectivity index (χ0) is 16.2. The predicted octanol–water partition coefficient (Wildman–Crippen LogP) is 0.390. The van der Waals surface area contributed by atoms with Gasteiger partial charge in [-0.1, -0.05) is 0 Å². The molecule has 0 aliphatic carbocycles. The summed E-state index contributed by atoms with van der Waals surface area (Å²) in [6.45, 7) is 3.36. The predicted molar refractivity (Wildman–Crippen MR) is 73.5 cm³/mol. The summed E-state index contributed by atoms with van der Waals surface area (Å²) in [6.07, 6.45) is 1.24. The van der Waals surface area contributed by atoms with Gasteiger partial charge in [0.15, 0.2) is 0 Å². The lowest BCUT2D eigenvalue weighted by Gasteiger charge is -2.15. The Balaban J connectivity index is 3.07. The molecule has 21 heavy (non-hydrogen) atoms. The molecule has 0 atom stereocenters. The number of carboxylic acids is 1. The lowest BCUT2D eigenvalue weighted by molar-refractivity contribution is -0.143. The molecule has 0 radical (unpaired) electrons. The van der Waals surface area contributed by atoms with E-state index in [1.54, 1.807) is 13.8 Å². The van der Waals surface area contributed by atoms with Gasteiger partial charge in [-0.2, -0.15) is 4.31 Å². The summed E-state index contributed by atoms with van der Waals surface area (Å²) in [4.78, 5) is 22.2. The second kappa shape index (κ2) is 6.72. The molecular formula is C12H18N2O6S. The fourth-order valence-electron chi connectivity index (χ4n) is 1.72. The summed E-state index contributed by atoms with van der Waals surface area (Å²) in [7, 11) is -2.72. The maximum atomic E-state index is 12.3. The fraction of sp³-hybridized carbons (Fsp3) is 0.500. The van der Waals surface area contributed by atoms with Crippen molar-refractivity contribution in [2.24, 2.45) is 0 Å². The molecule has 1 N–H and O–H groups in total. The van der Waals surface area contributed by atoms with Gasteiger partial charge in [-0.15, -0.1) is 0 Å². The molecular weight excluding hydrogens is 300 g/mol. The standard InChI is InChI=1S/C12H18N2O6S/c1-4-14-7-9(6-10(14)12(16)17)21(18,19)13(3)8-11(15)20-5-2/h6-7H,4-5,8H2,1-3H3,(H,16,17). The zero-order valence-electron chi connectivity index (χ0n) is 12.1. The first-order chi connectivity index (χ1) is 9.73. The second-order valence-electron chi connectivity index (χ2n) is 4.22. The van der Waals surface area contributed by atoms with Crippen molar-refractivity contribution in [3.8, 4) is 0 Å². The van der Waals surface area contributed by atoms with E-state index in [1.165, 1.54) is 17.8 Å². The summed E-state index contributed by atoms with van der Waals surface area (Å²) in [5, 5.41) is 9.03. The van der Waals surface area contributed by atoms with Crippen molar-refractivity contribution in [1.82, 2.24) is 8.87 Å². The Morgan fingerprint density at radius 3 is 2.43 bits per heavy atom. The highest BCUT2D eigenvalue weighted by molar-refractivity contribution is 7.89. The number of carbonyl (C=O) groups is 2. The van der Waals surface area contributed by atoms with E-state index in [1.807, 2.05) is 0 Å². The molecule has 0 spiro atoms. The molecule has 0 aliphatic heterocycles. The van der Waals surface area contributed by atoms with E-state index in [-0.39, 0.29) is 17.2 Å². The summed E-state index contributed by atoms with van der Waals surface area (Å²) in [6, 6.07) is 1.07. The highest BCUT2D eigenvalue weighted by Gasteiger charge is 2.26. The Labute approximate surface area is 123 Å². The SMILES string of the molecule is CCOC(=O)CN(C)S(=O)(=O)c1cc(C(=O)O)n(CC)c1. The minimum absolute atomic E-state index is 0.124. The number of aryl methyl sites for hydroxylation is 1. The topological polar surface area (TPSA) is 106 Å². The molecule has 0 saturated heterocycles. The molecule has 0 amide bonds. The van der Waals surface area contributed by atoms with Crippen LogP contribution in [-0.4, -0.2) is 54.5 Å². The largest absolute Gasteiger partial charge is 0.477 e. The van der Waals surface area contributed by atoms with Gasteiger partial charge < -0.3 is 14.4 Å². The maximum Gasteiger partial charge on any atom is 0.352 e. The third-order valence-electron chi connectivity index (χ3n) is 2.80. The molecule has 0 fully saturated rings. The van der Waals surface area contributed by atoms with Crippen LogP contribution in [0, 0.1) is 0 Å².